The van der Waals surface area contributed by atoms with E-state index in [1.54, 1.807) is 44.2 Å². The number of carbonyl (C=O) groups excluding carboxylic acids is 2. The minimum Gasteiger partial charge on any atom is -0.491 e. The van der Waals surface area contributed by atoms with Gasteiger partial charge in [-0.1, -0.05) is 415 Å². The highest BCUT2D eigenvalue weighted by Crippen LogP contribution is 2.36. The summed E-state index contributed by atoms with van der Waals surface area (Å²) in [6.07, 6.45) is 4.42. The Bertz CT molecular complexity index is 4880. The van der Waals surface area contributed by atoms with Gasteiger partial charge in [0.25, 0.3) is 0 Å². The topological polar surface area (TPSA) is 68.7 Å². The number of ether oxygens (including phenoxy) is 2. The molecule has 15 heteroatoms. The zero-order valence-corrected chi connectivity index (χ0v) is 89.6. The van der Waals surface area contributed by atoms with Gasteiger partial charge in [-0.05, 0) is 250 Å². The molecule has 0 saturated heterocycles. The molecular weight excluding hydrogens is 1790 g/mol. The Morgan fingerprint density at radius 3 is 1.19 bits per heavy atom. The third kappa shape index (κ3) is 56.1. The molecule has 13 rings (SSSR count). The van der Waals surface area contributed by atoms with Gasteiger partial charge in [0.1, 0.15) is 11.5 Å². The predicted octanol–water partition coefficient (Wildman–Crippen LogP) is 38.4. The van der Waals surface area contributed by atoms with Crippen LogP contribution in [0.25, 0.3) is 0 Å². The van der Waals surface area contributed by atoms with Crippen LogP contribution in [0.15, 0.2) is 310 Å². The second kappa shape index (κ2) is 69.3. The summed E-state index contributed by atoms with van der Waals surface area (Å²) in [5, 5.41) is 3.84. The predicted molar refractivity (Wildman–Crippen MR) is 578 cm³/mol. The summed E-state index contributed by atoms with van der Waals surface area (Å²) in [6, 6.07) is 95.2. The van der Waals surface area contributed by atoms with Gasteiger partial charge < -0.3 is 14.4 Å². The number of benzene rings is 11. The van der Waals surface area contributed by atoms with Crippen LogP contribution in [-0.4, -0.2) is 41.8 Å². The highest BCUT2D eigenvalue weighted by Gasteiger charge is 2.33. The monoisotopic (exact) mass is 1940 g/mol. The normalized spacial score (nSPS) is 11.0. The Morgan fingerprint density at radius 2 is 0.815 bits per heavy atom. The van der Waals surface area contributed by atoms with Crippen LogP contribution in [0.5, 0.6) is 11.5 Å². The molecule has 1 aliphatic rings. The number of nitrogens with zero attached hydrogens (tertiary/aromatic N) is 2. The second-order valence-corrected chi connectivity index (χ2v) is 39.0. The molecule has 135 heavy (non-hydrogen) atoms. The molecule has 0 radical (unpaired) electrons. The molecule has 12 aromatic rings. The number of hydrogen-bond donors (Lipinski definition) is 0. The first-order valence-electron chi connectivity index (χ1n) is 47.5. The van der Waals surface area contributed by atoms with E-state index in [1.165, 1.54) is 63.7 Å². The van der Waals surface area contributed by atoms with E-state index in [9.17, 15) is 27.2 Å². The number of halogens is 9. The molecule has 0 unspecified atom stereocenters. The number of anilines is 1. The number of carbonyl (C=O) groups is 2. The number of aryl methyl sites for hydroxylation is 1. The van der Waals surface area contributed by atoms with Gasteiger partial charge in [0, 0.05) is 79.6 Å². The third-order valence-electron chi connectivity index (χ3n) is 20.1. The molecule has 11 aromatic carbocycles. The smallest absolute Gasteiger partial charge is 0.416 e. The molecule has 0 atom stereocenters. The van der Waals surface area contributed by atoms with Crippen LogP contribution in [0.3, 0.4) is 0 Å². The molecule has 1 heterocycles. The first-order chi connectivity index (χ1) is 63.6. The summed E-state index contributed by atoms with van der Waals surface area (Å²) in [5.74, 6) is 6.52. The van der Waals surface area contributed by atoms with Gasteiger partial charge in [0.15, 0.2) is 17.3 Å². The van der Waals surface area contributed by atoms with Crippen LogP contribution < -0.4 is 14.4 Å². The summed E-state index contributed by atoms with van der Waals surface area (Å²) >= 11 is 29.5. The maximum atomic E-state index is 12.8. The fraction of sp³-hybridized carbons (Fsp3) is 0.392. The summed E-state index contributed by atoms with van der Waals surface area (Å²) in [6.45, 7) is 56.0. The van der Waals surface area contributed by atoms with Crippen LogP contribution in [0.2, 0.25) is 25.1 Å². The molecule has 1 aliphatic carbocycles. The quantitative estimate of drug-likeness (QED) is 0.0559. The third-order valence-corrected chi connectivity index (χ3v) is 21.7. The molecule has 1 aromatic heterocycles. The molecule has 734 valence electrons. The molecule has 0 spiro atoms. The lowest BCUT2D eigenvalue weighted by atomic mass is 9.97. The highest BCUT2D eigenvalue weighted by molar-refractivity contribution is 6.36. The molecule has 6 nitrogen and oxygen atoms in total. The van der Waals surface area contributed by atoms with Gasteiger partial charge in [-0.2, -0.15) is 13.2 Å². The van der Waals surface area contributed by atoms with Crippen molar-refractivity contribution in [2.45, 2.75) is 273 Å². The second-order valence-electron chi connectivity index (χ2n) is 37.0. The van der Waals surface area contributed by atoms with E-state index in [4.69, 9.17) is 67.5 Å². The maximum Gasteiger partial charge on any atom is 0.416 e. The van der Waals surface area contributed by atoms with Crippen molar-refractivity contribution in [3.63, 3.8) is 0 Å². The van der Waals surface area contributed by atoms with Crippen molar-refractivity contribution in [3.05, 3.63) is 402 Å². The van der Waals surface area contributed by atoms with Crippen molar-refractivity contribution in [1.82, 2.24) is 4.98 Å². The zero-order chi connectivity index (χ0) is 102. The first-order valence-corrected chi connectivity index (χ1v) is 49.4. The Morgan fingerprint density at radius 1 is 0.400 bits per heavy atom. The Kier molecular flexibility index (Phi) is 63.4. The van der Waals surface area contributed by atoms with Crippen LogP contribution >= 0.6 is 58.0 Å². The lowest BCUT2D eigenvalue weighted by Crippen LogP contribution is -2.25. The summed E-state index contributed by atoms with van der Waals surface area (Å²) in [7, 11) is 2.11. The lowest BCUT2D eigenvalue weighted by molar-refractivity contribution is -0.138. The standard InChI is InChI=1S/C10H11F3.C10H15N.C10H12O.2C10H14.2C9H10Cl2.C9H11Cl.C9H11FO.C9H13N.C9H12O.C9H12.C7H12O/c1-7(2)8-5-3-4-6-9(8)10(11,12)13;1-9(2)11(3)10-7-5-4-6-8-10;1-8(2)10(11)9-6-4-3-5-7-9;1-8(2)10-7-5-4-6-9(10)3;1-9(2)8-10-6-4-3-5-7-10;1-6(2)8-4-3-7(10)5-9(8)11;1-6(2)9-7(10)4-3-5-8(9)11;1-7(2)8-5-3-4-6-9(8)10;1-7(2)11-9-6-4-3-5-8(9)10;1-8(2)6-9-4-3-5-10-7-9;1-8(2)10-9-6-4-3-5-7-9;1-8(2)9-6-4-3-5-7-9;1-5(2)7(8)6-3-4-6/h3-7H,1-2H3;4-9H,1-3H3;3-8H,1-2H3;4-8H,1-3H3;3-7,9H,8H2,1-2H3;2*3-6H,1-2H3;3-7H,1-2H3;3-7H,1-2H3;3-5,7-8H,6H2,1-2H3;3-8H,1-2H3;3-8H,1-2H3;5-6H,3-4H2,1-2H3. The van der Waals surface area contributed by atoms with Crippen molar-refractivity contribution in [1.29, 1.82) is 0 Å². The Balaban J connectivity index is 0.000000732. The fourth-order valence-electron chi connectivity index (χ4n) is 12.7. The lowest BCUT2D eigenvalue weighted by Gasteiger charge is -2.23. The van der Waals surface area contributed by atoms with E-state index >= 15 is 0 Å². The largest absolute Gasteiger partial charge is 0.491 e. The average molecular weight is 1940 g/mol. The molecule has 0 aliphatic heterocycles. The highest BCUT2D eigenvalue weighted by atomic mass is 35.5. The Hall–Kier alpha value is -9.52. The molecule has 1 fully saturated rings. The van der Waals surface area contributed by atoms with E-state index in [0.29, 0.717) is 63.7 Å². The number of pyridine rings is 1. The van der Waals surface area contributed by atoms with Crippen LogP contribution in [0, 0.1) is 42.3 Å². The summed E-state index contributed by atoms with van der Waals surface area (Å²) < 4.78 is 60.6. The summed E-state index contributed by atoms with van der Waals surface area (Å²) in [4.78, 5) is 28.5. The maximum absolute atomic E-state index is 12.8. The number of hydrogen-bond acceptors (Lipinski definition) is 6. The molecular formula is C120H157Cl5F4N2O4. The first kappa shape index (κ1) is 123. The van der Waals surface area contributed by atoms with Crippen LogP contribution in [-0.2, 0) is 23.8 Å². The van der Waals surface area contributed by atoms with Gasteiger partial charge in [0.2, 0.25) is 0 Å². The van der Waals surface area contributed by atoms with E-state index in [2.05, 4.69) is 250 Å². The molecule has 0 bridgehead atoms. The zero-order valence-electron chi connectivity index (χ0n) is 85.8. The van der Waals surface area contributed by atoms with E-state index in [-0.39, 0.29) is 41.6 Å². The van der Waals surface area contributed by atoms with Crippen LogP contribution in [0.1, 0.15) is 294 Å². The van der Waals surface area contributed by atoms with E-state index in [0.717, 1.165) is 79.7 Å². The molecule has 0 amide bonds. The van der Waals surface area contributed by atoms with Crippen molar-refractivity contribution >= 4 is 75.3 Å². The van der Waals surface area contributed by atoms with Crippen molar-refractivity contribution < 1.29 is 36.6 Å². The number of aromatic nitrogens is 1. The van der Waals surface area contributed by atoms with Crippen molar-refractivity contribution in [3.8, 4) is 11.5 Å². The minimum absolute atomic E-state index is 0.0203. The number of para-hydroxylation sites is 3. The average Bonchev–Trinajstić information content (AvgIpc) is 0.846. The van der Waals surface area contributed by atoms with Gasteiger partial charge >= 0.3 is 6.18 Å². The fourth-order valence-corrected chi connectivity index (χ4v) is 14.5. The van der Waals surface area contributed by atoms with Crippen molar-refractivity contribution in [2.75, 3.05) is 11.9 Å². The molecule has 0 N–H and O–H groups in total. The van der Waals surface area contributed by atoms with Gasteiger partial charge in [-0.25, -0.2) is 4.39 Å². The number of Topliss-reactive ketones (excluding diaryl/α,β-unsaturated/α-hetero) is 2. The van der Waals surface area contributed by atoms with E-state index < -0.39 is 11.7 Å². The van der Waals surface area contributed by atoms with Gasteiger partial charge in [-0.3, -0.25) is 14.6 Å². The van der Waals surface area contributed by atoms with Crippen molar-refractivity contribution in [2.24, 2.45) is 29.6 Å². The minimum atomic E-state index is -4.24. The molecule has 1 saturated carbocycles. The number of rotatable bonds is 20. The van der Waals surface area contributed by atoms with Gasteiger partial charge in [0.05, 0.1) is 17.8 Å². The van der Waals surface area contributed by atoms with E-state index in [1.807, 2.05) is 195 Å². The SMILES string of the molecule is CC(C)C(=O)C1CC1.CC(C)C(=O)c1ccccc1.CC(C)Cc1ccccc1.CC(C)Cc1cccnc1.CC(C)N(C)c1ccccc1.CC(C)Oc1ccccc1.CC(C)Oc1ccccc1F.CC(C)c1c(Cl)cccc1Cl.CC(C)c1ccc(Cl)cc1Cl.CC(C)c1ccccc1.CC(C)c1ccccc1C(F)(F)F.CC(C)c1ccccc1Cl.Cc1ccccc1C(C)C. The summed E-state index contributed by atoms with van der Waals surface area (Å²) in [5.41, 5.74) is 12.4. The number of ketones is 2. The van der Waals surface area contributed by atoms with Crippen LogP contribution in [0.4, 0.5) is 23.2 Å². The Labute approximate surface area is 838 Å². The van der Waals surface area contributed by atoms with Gasteiger partial charge in [-0.15, -0.1) is 0 Å². The number of alkyl halides is 3.